The normalized spacial score (nSPS) is 14.2. The van der Waals surface area contributed by atoms with Crippen molar-refractivity contribution in [2.45, 2.75) is 39.2 Å². The topological polar surface area (TPSA) is 107 Å². The maximum absolute atomic E-state index is 9.00. The summed E-state index contributed by atoms with van der Waals surface area (Å²) in [5.41, 5.74) is 6.55. The van der Waals surface area contributed by atoms with E-state index in [0.29, 0.717) is 23.8 Å². The summed E-state index contributed by atoms with van der Waals surface area (Å²) in [4.78, 5) is 9.25. The molecule has 33 heavy (non-hydrogen) atoms. The van der Waals surface area contributed by atoms with Crippen molar-refractivity contribution >= 4 is 23.1 Å². The van der Waals surface area contributed by atoms with E-state index in [9.17, 15) is 0 Å². The highest BCUT2D eigenvalue weighted by molar-refractivity contribution is 5.68. The Morgan fingerprint density at radius 2 is 1.85 bits per heavy atom. The molecule has 1 unspecified atom stereocenters. The van der Waals surface area contributed by atoms with Gasteiger partial charge in [0.15, 0.2) is 0 Å². The summed E-state index contributed by atoms with van der Waals surface area (Å²) >= 11 is 0. The van der Waals surface area contributed by atoms with Gasteiger partial charge in [-0.25, -0.2) is 4.98 Å². The second-order valence-corrected chi connectivity index (χ2v) is 7.93. The fraction of sp³-hybridized carbons (Fsp3) is 0.231. The minimum absolute atomic E-state index is 0.146. The van der Waals surface area contributed by atoms with Crippen LogP contribution in [0.1, 0.15) is 46.8 Å². The van der Waals surface area contributed by atoms with Crippen molar-refractivity contribution in [3.8, 4) is 12.1 Å². The van der Waals surface area contributed by atoms with Gasteiger partial charge in [0.25, 0.3) is 0 Å². The van der Waals surface area contributed by atoms with Gasteiger partial charge < -0.3 is 15.4 Å². The highest BCUT2D eigenvalue weighted by atomic mass is 16.5. The molecule has 2 heterocycles. The van der Waals surface area contributed by atoms with Gasteiger partial charge in [0.1, 0.15) is 11.9 Å². The number of aryl methyl sites for hydroxylation is 3. The molecule has 0 saturated heterocycles. The number of hydrogen-bond donors (Lipinski definition) is 2. The fourth-order valence-corrected chi connectivity index (χ4v) is 3.84. The Hall–Kier alpha value is -4.36. The quantitative estimate of drug-likeness (QED) is 0.476. The predicted octanol–water partition coefficient (Wildman–Crippen LogP) is 5.88. The molecule has 0 saturated carbocycles. The second-order valence-electron chi connectivity index (χ2n) is 7.93. The van der Waals surface area contributed by atoms with E-state index in [1.807, 2.05) is 18.2 Å². The molecule has 2 N–H and O–H groups in total. The number of aromatic nitrogens is 2. The van der Waals surface area contributed by atoms with Crippen molar-refractivity contribution in [3.63, 3.8) is 0 Å². The molecule has 7 heteroatoms. The molecule has 0 bridgehead atoms. The van der Waals surface area contributed by atoms with Crippen LogP contribution in [0, 0.1) is 36.5 Å². The summed E-state index contributed by atoms with van der Waals surface area (Å²) in [7, 11) is 0. The lowest BCUT2D eigenvalue weighted by Crippen LogP contribution is -2.09. The zero-order valence-corrected chi connectivity index (χ0v) is 18.6. The van der Waals surface area contributed by atoms with Crippen molar-refractivity contribution in [2.24, 2.45) is 0 Å². The van der Waals surface area contributed by atoms with E-state index in [-0.39, 0.29) is 6.10 Å². The van der Waals surface area contributed by atoms with Crippen LogP contribution in [0.2, 0.25) is 0 Å². The molecule has 1 aliphatic heterocycles. The first kappa shape index (κ1) is 21.9. The van der Waals surface area contributed by atoms with Crippen LogP contribution in [0.15, 0.2) is 54.9 Å². The second kappa shape index (κ2) is 9.84. The number of rotatable bonds is 7. The molecule has 4 rings (SSSR count). The summed E-state index contributed by atoms with van der Waals surface area (Å²) in [6.45, 7) is 4.10. The van der Waals surface area contributed by atoms with Gasteiger partial charge >= 0.3 is 0 Å². The third-order valence-electron chi connectivity index (χ3n) is 5.48. The zero-order valence-electron chi connectivity index (χ0n) is 18.6. The largest absolute Gasteiger partial charge is 0.493 e. The molecule has 0 aliphatic carbocycles. The monoisotopic (exact) mass is 436 g/mol. The smallest absolute Gasteiger partial charge is 0.229 e. The van der Waals surface area contributed by atoms with Gasteiger partial charge in [-0.15, -0.1) is 0 Å². The van der Waals surface area contributed by atoms with Crippen LogP contribution in [-0.2, 0) is 11.2 Å². The van der Waals surface area contributed by atoms with Gasteiger partial charge in [0.2, 0.25) is 5.95 Å². The molecular weight excluding hydrogens is 412 g/mol. The molecular formula is C26H24N6O. The minimum atomic E-state index is -0.146. The van der Waals surface area contributed by atoms with Crippen LogP contribution in [-0.4, -0.2) is 9.97 Å². The SMILES string of the molecule is Cc1cc(CCC#N)cc(C)c1Nc1nc(Nc2ccc(C#N)cc2)ncc1C1CC=CO1. The fourth-order valence-electron chi connectivity index (χ4n) is 3.84. The molecule has 1 aromatic heterocycles. The van der Waals surface area contributed by atoms with Gasteiger partial charge in [-0.05, 0) is 67.3 Å². The van der Waals surface area contributed by atoms with E-state index in [1.165, 1.54) is 0 Å². The van der Waals surface area contributed by atoms with Gasteiger partial charge in [-0.3, -0.25) is 0 Å². The van der Waals surface area contributed by atoms with E-state index >= 15 is 0 Å². The maximum atomic E-state index is 9.00. The predicted molar refractivity (Wildman–Crippen MR) is 127 cm³/mol. The number of anilines is 4. The van der Waals surface area contributed by atoms with Crippen LogP contribution < -0.4 is 10.6 Å². The van der Waals surface area contributed by atoms with E-state index in [2.05, 4.69) is 53.7 Å². The van der Waals surface area contributed by atoms with E-state index in [1.54, 1.807) is 24.6 Å². The lowest BCUT2D eigenvalue weighted by Gasteiger charge is -2.19. The molecule has 2 aromatic carbocycles. The van der Waals surface area contributed by atoms with E-state index < -0.39 is 0 Å². The number of nitrogens with zero attached hydrogens (tertiary/aromatic N) is 4. The average molecular weight is 437 g/mol. The van der Waals surface area contributed by atoms with Crippen molar-refractivity contribution in [3.05, 3.63) is 82.8 Å². The summed E-state index contributed by atoms with van der Waals surface area (Å²) in [6.07, 6.45) is 7.31. The molecule has 0 spiro atoms. The molecule has 7 nitrogen and oxygen atoms in total. The zero-order chi connectivity index (χ0) is 23.2. The van der Waals surface area contributed by atoms with Crippen LogP contribution >= 0.6 is 0 Å². The number of nitriles is 2. The van der Waals surface area contributed by atoms with Crippen molar-refractivity contribution in [2.75, 3.05) is 10.6 Å². The van der Waals surface area contributed by atoms with E-state index in [0.717, 1.165) is 46.5 Å². The van der Waals surface area contributed by atoms with E-state index in [4.69, 9.17) is 20.2 Å². The van der Waals surface area contributed by atoms with Crippen LogP contribution in [0.3, 0.4) is 0 Å². The number of nitrogens with one attached hydrogen (secondary N) is 2. The summed E-state index contributed by atoms with van der Waals surface area (Å²) in [5, 5.41) is 24.6. The highest BCUT2D eigenvalue weighted by Crippen LogP contribution is 2.35. The molecule has 3 aromatic rings. The van der Waals surface area contributed by atoms with Crippen LogP contribution in [0.25, 0.3) is 0 Å². The lowest BCUT2D eigenvalue weighted by molar-refractivity contribution is 0.173. The number of hydrogen-bond acceptors (Lipinski definition) is 7. The summed E-state index contributed by atoms with van der Waals surface area (Å²) < 4.78 is 5.74. The minimum Gasteiger partial charge on any atom is -0.493 e. The number of ether oxygens (including phenoxy) is 1. The van der Waals surface area contributed by atoms with Gasteiger partial charge in [0.05, 0.1) is 29.5 Å². The van der Waals surface area contributed by atoms with Crippen molar-refractivity contribution in [1.29, 1.82) is 10.5 Å². The van der Waals surface area contributed by atoms with Gasteiger partial charge in [-0.2, -0.15) is 15.5 Å². The average Bonchev–Trinajstić information content (AvgIpc) is 3.35. The molecule has 1 atom stereocenters. The Labute approximate surface area is 193 Å². The lowest BCUT2D eigenvalue weighted by atomic mass is 10.0. The Morgan fingerprint density at radius 3 is 2.48 bits per heavy atom. The first-order valence-electron chi connectivity index (χ1n) is 10.8. The summed E-state index contributed by atoms with van der Waals surface area (Å²) in [6, 6.07) is 15.7. The molecule has 0 amide bonds. The Bertz CT molecular complexity index is 1240. The third kappa shape index (κ3) is 5.11. The van der Waals surface area contributed by atoms with Crippen molar-refractivity contribution in [1.82, 2.24) is 9.97 Å². The number of benzene rings is 2. The van der Waals surface area contributed by atoms with Gasteiger partial charge in [-0.1, -0.05) is 12.1 Å². The molecule has 0 radical (unpaired) electrons. The maximum Gasteiger partial charge on any atom is 0.229 e. The Morgan fingerprint density at radius 1 is 1.09 bits per heavy atom. The van der Waals surface area contributed by atoms with Gasteiger partial charge in [0, 0.05) is 30.4 Å². The molecule has 164 valence electrons. The third-order valence-corrected chi connectivity index (χ3v) is 5.48. The molecule has 1 aliphatic rings. The Balaban J connectivity index is 1.65. The van der Waals surface area contributed by atoms with Crippen LogP contribution in [0.5, 0.6) is 0 Å². The first-order chi connectivity index (χ1) is 16.1. The standard InChI is InChI=1S/C26H24N6O/c1-17-13-20(5-3-11-27)14-18(2)24(17)31-25-22(23-6-4-12-33-23)16-29-26(32-25)30-21-9-7-19(15-28)8-10-21/h4,7-10,12-14,16,23H,3,5-6H2,1-2H3,(H2,29,30,31,32). The van der Waals surface area contributed by atoms with Crippen molar-refractivity contribution < 1.29 is 4.74 Å². The van der Waals surface area contributed by atoms with Crippen LogP contribution in [0.4, 0.5) is 23.1 Å². The first-order valence-corrected chi connectivity index (χ1v) is 10.8. The Kier molecular flexibility index (Phi) is 6.52. The molecule has 0 fully saturated rings. The summed E-state index contributed by atoms with van der Waals surface area (Å²) in [5.74, 6) is 1.11. The highest BCUT2D eigenvalue weighted by Gasteiger charge is 2.21.